The van der Waals surface area contributed by atoms with E-state index in [9.17, 15) is 4.79 Å². The van der Waals surface area contributed by atoms with Crippen LogP contribution >= 0.6 is 0 Å². The molecule has 25 heavy (non-hydrogen) atoms. The minimum atomic E-state index is 0.246. The molecule has 0 bridgehead atoms. The zero-order chi connectivity index (χ0) is 17.8. The second-order valence-electron chi connectivity index (χ2n) is 6.95. The fourth-order valence-corrected chi connectivity index (χ4v) is 3.45. The number of nitrogens with one attached hydrogen (secondary N) is 1. The van der Waals surface area contributed by atoms with E-state index in [1.807, 2.05) is 18.7 Å². The normalized spacial score (nSPS) is 17.4. The Kier molecular flexibility index (Phi) is 5.37. The molecule has 3 rings (SSSR count). The van der Waals surface area contributed by atoms with Gasteiger partial charge in [0.1, 0.15) is 0 Å². The van der Waals surface area contributed by atoms with Crippen LogP contribution in [-0.4, -0.2) is 28.9 Å². The van der Waals surface area contributed by atoms with Crippen LogP contribution in [0, 0.1) is 13.8 Å². The third kappa shape index (κ3) is 4.38. The average Bonchev–Trinajstić information content (AvgIpc) is 2.62. The Balaban J connectivity index is 1.79. The third-order valence-electron chi connectivity index (χ3n) is 4.81. The third-order valence-corrected chi connectivity index (χ3v) is 4.81. The van der Waals surface area contributed by atoms with Crippen molar-refractivity contribution in [3.63, 3.8) is 0 Å². The van der Waals surface area contributed by atoms with Gasteiger partial charge in [-0.3, -0.25) is 9.78 Å². The highest BCUT2D eigenvalue weighted by Gasteiger charge is 2.25. The molecule has 1 aromatic carbocycles. The van der Waals surface area contributed by atoms with E-state index in [1.165, 1.54) is 5.56 Å². The van der Waals surface area contributed by atoms with Gasteiger partial charge in [0.25, 0.3) is 0 Å². The first-order valence-electron chi connectivity index (χ1n) is 9.15. The molecule has 1 fully saturated rings. The molecule has 0 aliphatic carbocycles. The number of piperidine rings is 1. The summed E-state index contributed by atoms with van der Waals surface area (Å²) in [6.07, 6.45) is 2.72. The second kappa shape index (κ2) is 7.68. The number of hydrogen-bond acceptors (Lipinski definition) is 3. The molecule has 4 heteroatoms. The predicted molar refractivity (Wildman–Crippen MR) is 102 cm³/mol. The molecule has 0 radical (unpaired) electrons. The van der Waals surface area contributed by atoms with E-state index in [-0.39, 0.29) is 5.91 Å². The van der Waals surface area contributed by atoms with Gasteiger partial charge in [0.05, 0.1) is 0 Å². The molecular formula is C21H27N3O. The molecule has 4 nitrogen and oxygen atoms in total. The van der Waals surface area contributed by atoms with Crippen LogP contribution in [0.25, 0.3) is 0 Å². The van der Waals surface area contributed by atoms with Crippen molar-refractivity contribution in [3.05, 3.63) is 53.3 Å². The zero-order valence-electron chi connectivity index (χ0n) is 15.4. The quantitative estimate of drug-likeness (QED) is 0.889. The minimum absolute atomic E-state index is 0.246. The molecule has 1 saturated heterocycles. The number of nitrogens with zero attached hydrogens (tertiary/aromatic N) is 2. The largest absolute Gasteiger partial charge is 0.355 e. The van der Waals surface area contributed by atoms with E-state index >= 15 is 0 Å². The van der Waals surface area contributed by atoms with Crippen molar-refractivity contribution < 1.29 is 4.79 Å². The summed E-state index contributed by atoms with van der Waals surface area (Å²) in [5.41, 5.74) is 5.48. The first-order chi connectivity index (χ1) is 12.0. The number of amides is 1. The van der Waals surface area contributed by atoms with Crippen molar-refractivity contribution in [2.24, 2.45) is 0 Å². The lowest BCUT2D eigenvalue weighted by Gasteiger charge is -2.32. The highest BCUT2D eigenvalue weighted by atomic mass is 16.2. The lowest BCUT2D eigenvalue weighted by atomic mass is 9.93. The van der Waals surface area contributed by atoms with Crippen LogP contribution in [0.1, 0.15) is 49.1 Å². The number of benzene rings is 1. The number of carbonyl (C=O) groups is 1. The Bertz CT molecular complexity index is 739. The van der Waals surface area contributed by atoms with Gasteiger partial charge in [-0.25, -0.2) is 0 Å². The first-order valence-corrected chi connectivity index (χ1v) is 9.15. The Morgan fingerprint density at radius 3 is 2.68 bits per heavy atom. The summed E-state index contributed by atoms with van der Waals surface area (Å²) in [4.78, 5) is 18.8. The molecule has 132 valence electrons. The van der Waals surface area contributed by atoms with Crippen molar-refractivity contribution in [2.75, 3.05) is 18.4 Å². The number of pyridine rings is 1. The lowest BCUT2D eigenvalue weighted by Crippen LogP contribution is -2.38. The van der Waals surface area contributed by atoms with Crippen LogP contribution < -0.4 is 5.32 Å². The van der Waals surface area contributed by atoms with Crippen LogP contribution in [0.3, 0.4) is 0 Å². The molecule has 0 saturated carbocycles. The summed E-state index contributed by atoms with van der Waals surface area (Å²) < 4.78 is 0. The van der Waals surface area contributed by atoms with Gasteiger partial charge in [-0.1, -0.05) is 24.6 Å². The van der Waals surface area contributed by atoms with Gasteiger partial charge >= 0.3 is 0 Å². The average molecular weight is 337 g/mol. The number of likely N-dealkylation sites (tertiary alicyclic amines) is 1. The smallest absolute Gasteiger partial charge is 0.222 e. The summed E-state index contributed by atoms with van der Waals surface area (Å²) in [5.74, 6) is 0.568. The van der Waals surface area contributed by atoms with E-state index in [4.69, 9.17) is 4.98 Å². The van der Waals surface area contributed by atoms with Crippen LogP contribution in [0.5, 0.6) is 0 Å². The minimum Gasteiger partial charge on any atom is -0.355 e. The van der Waals surface area contributed by atoms with E-state index in [0.29, 0.717) is 12.3 Å². The summed E-state index contributed by atoms with van der Waals surface area (Å²) in [7, 11) is 0. The summed E-state index contributed by atoms with van der Waals surface area (Å²) >= 11 is 0. The van der Waals surface area contributed by atoms with E-state index in [0.717, 1.165) is 48.7 Å². The second-order valence-corrected chi connectivity index (χ2v) is 6.95. The highest BCUT2D eigenvalue weighted by Crippen LogP contribution is 2.29. The molecule has 2 heterocycles. The summed E-state index contributed by atoms with van der Waals surface area (Å²) in [5, 5.41) is 3.48. The van der Waals surface area contributed by atoms with Crippen LogP contribution in [0.2, 0.25) is 0 Å². The van der Waals surface area contributed by atoms with Crippen molar-refractivity contribution in [3.8, 4) is 0 Å². The highest BCUT2D eigenvalue weighted by molar-refractivity contribution is 5.76. The molecule has 2 aromatic rings. The predicted octanol–water partition coefficient (Wildman–Crippen LogP) is 4.56. The number of anilines is 2. The maximum absolute atomic E-state index is 12.0. The van der Waals surface area contributed by atoms with Crippen molar-refractivity contribution in [2.45, 2.75) is 46.0 Å². The van der Waals surface area contributed by atoms with Crippen molar-refractivity contribution in [1.82, 2.24) is 9.88 Å². The van der Waals surface area contributed by atoms with Gasteiger partial charge in [0.15, 0.2) is 0 Å². The molecule has 1 aromatic heterocycles. The maximum Gasteiger partial charge on any atom is 0.222 e. The van der Waals surface area contributed by atoms with Gasteiger partial charge in [-0.05, 0) is 51.0 Å². The molecule has 1 aliphatic heterocycles. The molecule has 0 spiro atoms. The van der Waals surface area contributed by atoms with Gasteiger partial charge < -0.3 is 10.2 Å². The van der Waals surface area contributed by atoms with E-state index in [2.05, 4.69) is 48.6 Å². The number of hydrogen-bond donors (Lipinski definition) is 1. The number of aromatic nitrogens is 1. The van der Waals surface area contributed by atoms with Gasteiger partial charge in [-0.15, -0.1) is 0 Å². The summed E-state index contributed by atoms with van der Waals surface area (Å²) in [6.45, 7) is 7.71. The first kappa shape index (κ1) is 17.5. The van der Waals surface area contributed by atoms with E-state index < -0.39 is 0 Å². The molecule has 1 amide bonds. The lowest BCUT2D eigenvalue weighted by molar-refractivity contribution is -0.132. The van der Waals surface area contributed by atoms with E-state index in [1.54, 1.807) is 0 Å². The van der Waals surface area contributed by atoms with Gasteiger partial charge in [-0.2, -0.15) is 0 Å². The molecular weight excluding hydrogens is 310 g/mol. The Morgan fingerprint density at radius 1 is 1.20 bits per heavy atom. The van der Waals surface area contributed by atoms with Gasteiger partial charge in [0, 0.05) is 48.2 Å². The molecule has 1 atom stereocenters. The van der Waals surface area contributed by atoms with Crippen LogP contribution in [0.15, 0.2) is 36.4 Å². The Labute approximate surface area is 150 Å². The molecule has 0 unspecified atom stereocenters. The van der Waals surface area contributed by atoms with Gasteiger partial charge in [0.2, 0.25) is 5.91 Å². The number of carbonyl (C=O) groups excluding carboxylic acids is 1. The van der Waals surface area contributed by atoms with Crippen LogP contribution in [-0.2, 0) is 4.79 Å². The standard InChI is InChI=1S/C21H27N3O/c1-4-21(25)24-11-5-6-17(14-24)20-13-19(12-16(3)22-20)23-18-9-7-15(2)8-10-18/h7-10,12-13,17H,4-6,11,14H2,1-3H3,(H,22,23)/t17-/m1/s1. The fourth-order valence-electron chi connectivity index (χ4n) is 3.45. The Morgan fingerprint density at radius 2 is 1.96 bits per heavy atom. The Hall–Kier alpha value is -2.36. The maximum atomic E-state index is 12.0. The van der Waals surface area contributed by atoms with Crippen molar-refractivity contribution in [1.29, 1.82) is 0 Å². The van der Waals surface area contributed by atoms with Crippen molar-refractivity contribution >= 4 is 17.3 Å². The number of aryl methyl sites for hydroxylation is 2. The monoisotopic (exact) mass is 337 g/mol. The number of rotatable bonds is 4. The summed E-state index contributed by atoms with van der Waals surface area (Å²) in [6, 6.07) is 12.6. The fraction of sp³-hybridized carbons (Fsp3) is 0.429. The van der Waals surface area contributed by atoms with Crippen LogP contribution in [0.4, 0.5) is 11.4 Å². The molecule has 1 N–H and O–H groups in total. The zero-order valence-corrected chi connectivity index (χ0v) is 15.4. The SMILES string of the molecule is CCC(=O)N1CCC[C@@H](c2cc(Nc3ccc(C)cc3)cc(C)n2)C1. The topological polar surface area (TPSA) is 45.2 Å². The molecule has 1 aliphatic rings.